The number of hydrogen-bond donors (Lipinski definition) is 1. The number of alkyl halides is 1. The molecule has 1 unspecified atom stereocenters. The number of rotatable bonds is 5. The van der Waals surface area contributed by atoms with Gasteiger partial charge in [0.2, 0.25) is 0 Å². The largest absolute Gasteiger partial charge is 1.00 e. The van der Waals surface area contributed by atoms with Crippen LogP contribution in [0.15, 0.2) is 53.0 Å². The molecule has 0 radical (unpaired) electrons. The molecule has 1 aromatic carbocycles. The van der Waals surface area contributed by atoms with Crippen molar-refractivity contribution in [1.82, 2.24) is 0 Å². The zero-order valence-electron chi connectivity index (χ0n) is 23.1. The maximum Gasteiger partial charge on any atom is 1.00 e. The van der Waals surface area contributed by atoms with Crippen LogP contribution in [-0.4, -0.2) is 54.0 Å². The number of allylic oxidation sites excluding steroid dienone is 4. The summed E-state index contributed by atoms with van der Waals surface area (Å²) in [7, 11) is -4.77. The van der Waals surface area contributed by atoms with Gasteiger partial charge in [-0.1, -0.05) is 31.6 Å². The normalized spacial score (nSPS) is 38.3. The molecule has 8 atom stereocenters. The Hall–Kier alpha value is -1.69. The molecule has 0 spiro atoms. The second kappa shape index (κ2) is 10.5. The van der Waals surface area contributed by atoms with E-state index in [0.717, 1.165) is 12.1 Å². The standard InChI is InChI=1S/C29H33FO8S.Na/c1-16-11-22-21-8-7-18-13-19(31)9-10-28(18,3)29(21,30)24(33)14-27(22,2)25(16)23(32)15-38-26(34)17-5-4-6-20(12-17)39(35,36)37;/h4-6,9-10,12-13,16,21-22,24-25,33H,7-8,11,14-15H2,1-3H3,(H,35,36,37);/q;+1/p-1/t16-,21+,22+,24+,25-,27+,28+,29?;/m1./s1. The number of Topliss-reactive ketones (excluding diaryl/α,β-unsaturated/α-hetero) is 1. The van der Waals surface area contributed by atoms with Gasteiger partial charge >= 0.3 is 35.5 Å². The first kappa shape index (κ1) is 31.3. The van der Waals surface area contributed by atoms with Crippen LogP contribution in [0.3, 0.4) is 0 Å². The Bertz CT molecular complexity index is 1420. The first-order valence-corrected chi connectivity index (χ1v) is 14.6. The van der Waals surface area contributed by atoms with Crippen LogP contribution < -0.4 is 29.6 Å². The fourth-order valence-electron chi connectivity index (χ4n) is 8.35. The van der Waals surface area contributed by atoms with Crippen molar-refractivity contribution in [3.63, 3.8) is 0 Å². The average molecular weight is 583 g/mol. The molecule has 0 amide bonds. The molecule has 11 heteroatoms. The number of halogens is 1. The molecular formula is C29H32FNaO8S. The third kappa shape index (κ3) is 4.68. The van der Waals surface area contributed by atoms with Crippen LogP contribution in [0.25, 0.3) is 0 Å². The Morgan fingerprint density at radius 3 is 2.60 bits per heavy atom. The van der Waals surface area contributed by atoms with Crippen molar-refractivity contribution in [1.29, 1.82) is 0 Å². The van der Waals surface area contributed by atoms with Crippen molar-refractivity contribution in [2.75, 3.05) is 6.61 Å². The second-order valence-electron chi connectivity index (χ2n) is 12.1. The number of aliphatic hydroxyl groups excluding tert-OH is 1. The molecule has 1 aromatic rings. The maximum absolute atomic E-state index is 17.2. The van der Waals surface area contributed by atoms with E-state index in [1.165, 1.54) is 24.3 Å². The van der Waals surface area contributed by atoms with E-state index < -0.39 is 62.0 Å². The number of fused-ring (bicyclic) bond motifs is 5. The van der Waals surface area contributed by atoms with Gasteiger partial charge in [-0.05, 0) is 80.2 Å². The third-order valence-electron chi connectivity index (χ3n) is 10.0. The van der Waals surface area contributed by atoms with Crippen molar-refractivity contribution < 1.29 is 71.1 Å². The van der Waals surface area contributed by atoms with Gasteiger partial charge in [-0.3, -0.25) is 9.59 Å². The Morgan fingerprint density at radius 2 is 1.93 bits per heavy atom. The summed E-state index contributed by atoms with van der Waals surface area (Å²) < 4.78 is 56.3. The number of ether oxygens (including phenoxy) is 1. The molecule has 0 bridgehead atoms. The van der Waals surface area contributed by atoms with Crippen LogP contribution in [0.2, 0.25) is 0 Å². The summed E-state index contributed by atoms with van der Waals surface area (Å²) in [4.78, 5) is 37.5. The fourth-order valence-corrected chi connectivity index (χ4v) is 8.87. The molecule has 0 heterocycles. The molecule has 0 aliphatic heterocycles. The van der Waals surface area contributed by atoms with Gasteiger partial charge < -0.3 is 14.4 Å². The minimum absolute atomic E-state index is 0. The number of carbonyl (C=O) groups is 3. The van der Waals surface area contributed by atoms with Gasteiger partial charge in [-0.25, -0.2) is 17.6 Å². The molecular weight excluding hydrogens is 550 g/mol. The van der Waals surface area contributed by atoms with E-state index in [4.69, 9.17) is 4.74 Å². The molecule has 5 rings (SSSR count). The summed E-state index contributed by atoms with van der Waals surface area (Å²) in [5.74, 6) is -2.93. The first-order valence-electron chi connectivity index (χ1n) is 13.2. The van der Waals surface area contributed by atoms with Crippen LogP contribution >= 0.6 is 0 Å². The number of hydrogen-bond acceptors (Lipinski definition) is 8. The average Bonchev–Trinajstić information content (AvgIpc) is 3.12. The van der Waals surface area contributed by atoms with Gasteiger partial charge in [0.15, 0.2) is 23.8 Å². The first-order chi connectivity index (χ1) is 18.1. The van der Waals surface area contributed by atoms with Gasteiger partial charge in [-0.15, -0.1) is 0 Å². The zero-order chi connectivity index (χ0) is 28.5. The van der Waals surface area contributed by atoms with Crippen molar-refractivity contribution in [2.45, 2.75) is 63.1 Å². The van der Waals surface area contributed by atoms with E-state index >= 15 is 4.39 Å². The Balaban J connectivity index is 0.00000370. The molecule has 4 aliphatic rings. The minimum atomic E-state index is -4.77. The fraction of sp³-hybridized carbons (Fsp3) is 0.552. The Morgan fingerprint density at radius 1 is 1.23 bits per heavy atom. The summed E-state index contributed by atoms with van der Waals surface area (Å²) in [5.41, 5.74) is -3.31. The second-order valence-corrected chi connectivity index (χ2v) is 13.4. The van der Waals surface area contributed by atoms with Crippen LogP contribution in [0.5, 0.6) is 0 Å². The van der Waals surface area contributed by atoms with E-state index in [-0.39, 0.29) is 64.9 Å². The van der Waals surface area contributed by atoms with E-state index in [1.807, 2.05) is 13.8 Å². The van der Waals surface area contributed by atoms with Crippen LogP contribution in [0.4, 0.5) is 4.39 Å². The van der Waals surface area contributed by atoms with E-state index in [2.05, 4.69) is 0 Å². The van der Waals surface area contributed by atoms with Crippen molar-refractivity contribution >= 4 is 27.7 Å². The zero-order valence-corrected chi connectivity index (χ0v) is 25.9. The van der Waals surface area contributed by atoms with Crippen molar-refractivity contribution in [2.24, 2.45) is 34.5 Å². The third-order valence-corrected chi connectivity index (χ3v) is 10.9. The summed E-state index contributed by atoms with van der Waals surface area (Å²) in [5, 5.41) is 11.4. The minimum Gasteiger partial charge on any atom is -0.744 e. The summed E-state index contributed by atoms with van der Waals surface area (Å²) in [6.45, 7) is 5.00. The van der Waals surface area contributed by atoms with E-state index in [0.29, 0.717) is 24.8 Å². The number of esters is 1. The van der Waals surface area contributed by atoms with Crippen LogP contribution in [0.1, 0.15) is 56.8 Å². The predicted molar refractivity (Wildman–Crippen MR) is 136 cm³/mol. The number of aliphatic hydroxyl groups is 1. The van der Waals surface area contributed by atoms with Gasteiger partial charge in [0.1, 0.15) is 10.1 Å². The number of ketones is 2. The summed E-state index contributed by atoms with van der Waals surface area (Å²) >= 11 is 0. The number of carbonyl (C=O) groups excluding carboxylic acids is 3. The predicted octanol–water partition coefficient (Wildman–Crippen LogP) is 0.554. The van der Waals surface area contributed by atoms with E-state index in [9.17, 15) is 32.5 Å². The quantitative estimate of drug-likeness (QED) is 0.302. The molecule has 3 saturated carbocycles. The van der Waals surface area contributed by atoms with Crippen molar-refractivity contribution in [3.05, 3.63) is 53.6 Å². The number of benzene rings is 1. The molecule has 0 saturated heterocycles. The van der Waals surface area contributed by atoms with Gasteiger partial charge in [-0.2, -0.15) is 0 Å². The van der Waals surface area contributed by atoms with Crippen LogP contribution in [0, 0.1) is 34.5 Å². The van der Waals surface area contributed by atoms with Crippen molar-refractivity contribution in [3.8, 4) is 0 Å². The molecule has 3 fully saturated rings. The van der Waals surface area contributed by atoms with E-state index in [1.54, 1.807) is 13.0 Å². The molecule has 40 heavy (non-hydrogen) atoms. The summed E-state index contributed by atoms with van der Waals surface area (Å²) in [6.07, 6.45) is 4.69. The Kier molecular flexibility index (Phi) is 8.24. The monoisotopic (exact) mass is 582 g/mol. The van der Waals surface area contributed by atoms with Gasteiger partial charge in [0.25, 0.3) is 0 Å². The molecule has 8 nitrogen and oxygen atoms in total. The topological polar surface area (TPSA) is 138 Å². The molecule has 0 aromatic heterocycles. The summed E-state index contributed by atoms with van der Waals surface area (Å²) in [6, 6.07) is 4.50. The maximum atomic E-state index is 17.2. The van der Waals surface area contributed by atoms with Crippen LogP contribution in [-0.2, 0) is 24.4 Å². The Labute approximate surface area is 255 Å². The van der Waals surface area contributed by atoms with Gasteiger partial charge in [0.05, 0.1) is 16.6 Å². The smallest absolute Gasteiger partial charge is 0.744 e. The SMILES string of the molecule is C[C@@H]1C[C@H]2[C@@H]3CCC4=CC(=O)C=C[C@]4(C)C3(F)[C@@H](O)C[C@]2(C)[C@H]1C(=O)COC(=O)c1cccc(S(=O)(=O)[O-])c1.[Na+]. The van der Waals surface area contributed by atoms with Gasteiger partial charge in [0, 0.05) is 17.3 Å². The molecule has 4 aliphatic carbocycles. The molecule has 1 N–H and O–H groups in total. The molecule has 210 valence electrons.